The van der Waals surface area contributed by atoms with Crippen LogP contribution in [0.3, 0.4) is 0 Å². The number of hydrogen-bond acceptors (Lipinski definition) is 9. The molecular weight excluding hydrogens is 466 g/mol. The van der Waals surface area contributed by atoms with Gasteiger partial charge in [0, 0.05) is 69.2 Å². The first-order valence-corrected chi connectivity index (χ1v) is 12.7. The first-order chi connectivity index (χ1) is 18.2. The summed E-state index contributed by atoms with van der Waals surface area (Å²) in [6, 6.07) is 14.2. The summed E-state index contributed by atoms with van der Waals surface area (Å²) in [5.41, 5.74) is 14.1. The molecule has 0 saturated carbocycles. The Bertz CT molecular complexity index is 1490. The number of pyridine rings is 2. The van der Waals surface area contributed by atoms with Crippen LogP contribution in [0.1, 0.15) is 11.5 Å². The summed E-state index contributed by atoms with van der Waals surface area (Å²) in [5, 5.41) is 5.35. The zero-order valence-corrected chi connectivity index (χ0v) is 20.5. The van der Waals surface area contributed by atoms with E-state index in [4.69, 9.17) is 20.4 Å². The maximum absolute atomic E-state index is 6.30. The number of nitrogens with zero attached hydrogens (tertiary/aromatic N) is 6. The van der Waals surface area contributed by atoms with Gasteiger partial charge in [0.25, 0.3) is 0 Å². The second-order valence-electron chi connectivity index (χ2n) is 9.62. The predicted molar refractivity (Wildman–Crippen MR) is 144 cm³/mol. The summed E-state index contributed by atoms with van der Waals surface area (Å²) in [5.74, 6) is 3.21. The molecule has 10 nitrogen and oxygen atoms in total. The summed E-state index contributed by atoms with van der Waals surface area (Å²) in [6.07, 6.45) is 5.73. The Hall–Kier alpha value is -3.99. The number of hydrogen-bond donors (Lipinski definition) is 3. The number of anilines is 2. The summed E-state index contributed by atoms with van der Waals surface area (Å²) < 4.78 is 8.27. The molecule has 0 spiro atoms. The Morgan fingerprint density at radius 3 is 2.84 bits per heavy atom. The lowest BCUT2D eigenvalue weighted by Gasteiger charge is -2.29. The number of nitrogen functional groups attached to an aromatic ring is 1. The van der Waals surface area contributed by atoms with Gasteiger partial charge in [0.15, 0.2) is 11.5 Å². The van der Waals surface area contributed by atoms with Crippen molar-refractivity contribution < 1.29 is 4.74 Å². The lowest BCUT2D eigenvalue weighted by Crippen LogP contribution is -2.45. The fraction of sp³-hybridized carbons (Fsp3) is 0.296. The van der Waals surface area contributed by atoms with Crippen LogP contribution in [-0.4, -0.2) is 70.3 Å². The SMILES string of the molecule is Nc1ncccc1-c1nc2ccc(N3C=CCN3)nc2n1-c1ccc2c(c1)OCC2CN1CCNCC1. The molecule has 4 N–H and O–H groups in total. The molecule has 0 amide bonds. The Morgan fingerprint density at radius 2 is 2.00 bits per heavy atom. The van der Waals surface area contributed by atoms with Crippen molar-refractivity contribution in [3.05, 3.63) is 66.5 Å². The molecular formula is C27H29N9O. The van der Waals surface area contributed by atoms with Crippen molar-refractivity contribution in [2.24, 2.45) is 0 Å². The zero-order chi connectivity index (χ0) is 24.8. The molecule has 37 heavy (non-hydrogen) atoms. The molecule has 1 saturated heterocycles. The number of rotatable bonds is 5. The van der Waals surface area contributed by atoms with E-state index in [0.29, 0.717) is 24.2 Å². The van der Waals surface area contributed by atoms with Gasteiger partial charge in [-0.05, 0) is 30.3 Å². The van der Waals surface area contributed by atoms with Crippen LogP contribution >= 0.6 is 0 Å². The average molecular weight is 496 g/mol. The average Bonchev–Trinajstić information content (AvgIpc) is 3.68. The van der Waals surface area contributed by atoms with E-state index in [9.17, 15) is 0 Å². The van der Waals surface area contributed by atoms with Gasteiger partial charge in [0.2, 0.25) is 0 Å². The summed E-state index contributed by atoms with van der Waals surface area (Å²) in [6.45, 7) is 6.74. The van der Waals surface area contributed by atoms with Gasteiger partial charge in [-0.1, -0.05) is 12.1 Å². The fourth-order valence-electron chi connectivity index (χ4n) is 5.39. The van der Waals surface area contributed by atoms with Crippen LogP contribution in [0.15, 0.2) is 60.9 Å². The Kier molecular flexibility index (Phi) is 5.49. The van der Waals surface area contributed by atoms with Gasteiger partial charge in [-0.15, -0.1) is 0 Å². The smallest absolute Gasteiger partial charge is 0.167 e. The van der Waals surface area contributed by atoms with E-state index in [1.165, 1.54) is 5.56 Å². The third-order valence-corrected chi connectivity index (χ3v) is 7.27. The highest BCUT2D eigenvalue weighted by molar-refractivity contribution is 5.84. The number of nitrogens with one attached hydrogen (secondary N) is 2. The van der Waals surface area contributed by atoms with E-state index in [-0.39, 0.29) is 0 Å². The van der Waals surface area contributed by atoms with Crippen LogP contribution in [0.4, 0.5) is 11.6 Å². The molecule has 3 aliphatic rings. The highest BCUT2D eigenvalue weighted by Gasteiger charge is 2.28. The number of benzene rings is 1. The molecule has 1 atom stereocenters. The second kappa shape index (κ2) is 9.15. The third kappa shape index (κ3) is 3.99. The highest BCUT2D eigenvalue weighted by atomic mass is 16.5. The molecule has 7 rings (SSSR count). The quantitative estimate of drug-likeness (QED) is 0.384. The molecule has 3 aliphatic heterocycles. The van der Waals surface area contributed by atoms with Crippen LogP contribution in [0.2, 0.25) is 0 Å². The fourth-order valence-corrected chi connectivity index (χ4v) is 5.39. The highest BCUT2D eigenvalue weighted by Crippen LogP contribution is 2.38. The lowest BCUT2D eigenvalue weighted by atomic mass is 10.00. The molecule has 6 heterocycles. The molecule has 1 aromatic carbocycles. The summed E-state index contributed by atoms with van der Waals surface area (Å²) in [4.78, 5) is 16.8. The van der Waals surface area contributed by atoms with Crippen molar-refractivity contribution in [3.8, 4) is 22.8 Å². The van der Waals surface area contributed by atoms with Crippen LogP contribution in [-0.2, 0) is 0 Å². The number of aromatic nitrogens is 4. The number of fused-ring (bicyclic) bond motifs is 2. The Balaban J connectivity index is 1.32. The van der Waals surface area contributed by atoms with E-state index in [0.717, 1.165) is 73.3 Å². The minimum Gasteiger partial charge on any atom is -0.493 e. The molecule has 10 heteroatoms. The van der Waals surface area contributed by atoms with Gasteiger partial charge in [-0.2, -0.15) is 0 Å². The Morgan fingerprint density at radius 1 is 1.08 bits per heavy atom. The molecule has 0 bridgehead atoms. The first kappa shape index (κ1) is 22.2. The van der Waals surface area contributed by atoms with Crippen LogP contribution in [0.25, 0.3) is 28.2 Å². The number of nitrogens with two attached hydrogens (primary N) is 1. The molecule has 0 aliphatic carbocycles. The van der Waals surface area contributed by atoms with Gasteiger partial charge in [-0.25, -0.2) is 20.4 Å². The van der Waals surface area contributed by atoms with Crippen LogP contribution in [0, 0.1) is 0 Å². The third-order valence-electron chi connectivity index (χ3n) is 7.27. The topological polar surface area (TPSA) is 109 Å². The maximum atomic E-state index is 6.30. The van der Waals surface area contributed by atoms with Gasteiger partial charge >= 0.3 is 0 Å². The number of imidazole rings is 1. The summed E-state index contributed by atoms with van der Waals surface area (Å²) >= 11 is 0. The second-order valence-corrected chi connectivity index (χ2v) is 9.62. The van der Waals surface area contributed by atoms with Gasteiger partial charge < -0.3 is 20.7 Å². The standard InChI is InChI=1S/C27H29N9O/c28-25-21(3-1-8-30-25)26-32-22-6-7-24(35-12-2-9-31-35)33-27(22)36(26)19-4-5-20-18(17-37-23(20)15-19)16-34-13-10-29-11-14-34/h1-8,12,15,18,29,31H,9-11,13-14,16-17H2,(H2,28,30). The lowest BCUT2D eigenvalue weighted by molar-refractivity contribution is 0.211. The van der Waals surface area contributed by atoms with E-state index in [2.05, 4.69) is 49.5 Å². The molecule has 188 valence electrons. The molecule has 1 unspecified atom stereocenters. The Labute approximate surface area is 214 Å². The van der Waals surface area contributed by atoms with E-state index in [1.54, 1.807) is 6.20 Å². The molecule has 1 fully saturated rings. The normalized spacial score (nSPS) is 19.5. The van der Waals surface area contributed by atoms with Crippen LogP contribution in [0.5, 0.6) is 5.75 Å². The van der Waals surface area contributed by atoms with E-state index in [1.807, 2.05) is 35.5 Å². The van der Waals surface area contributed by atoms with Gasteiger partial charge in [0.1, 0.15) is 22.9 Å². The minimum absolute atomic E-state index is 0.368. The number of ether oxygens (including phenoxy) is 1. The number of piperazine rings is 1. The largest absolute Gasteiger partial charge is 0.493 e. The van der Waals surface area contributed by atoms with Crippen molar-refractivity contribution in [1.82, 2.24) is 35.2 Å². The van der Waals surface area contributed by atoms with Gasteiger partial charge in [-0.3, -0.25) is 9.58 Å². The number of hydrazine groups is 1. The van der Waals surface area contributed by atoms with Crippen molar-refractivity contribution in [2.75, 3.05) is 56.6 Å². The molecule has 4 aromatic rings. The predicted octanol–water partition coefficient (Wildman–Crippen LogP) is 2.28. The van der Waals surface area contributed by atoms with Crippen molar-refractivity contribution in [3.63, 3.8) is 0 Å². The van der Waals surface area contributed by atoms with Gasteiger partial charge in [0.05, 0.1) is 17.9 Å². The summed E-state index contributed by atoms with van der Waals surface area (Å²) in [7, 11) is 0. The zero-order valence-electron chi connectivity index (χ0n) is 20.5. The molecule has 3 aromatic heterocycles. The first-order valence-electron chi connectivity index (χ1n) is 12.7. The van der Waals surface area contributed by atoms with Crippen molar-refractivity contribution in [2.45, 2.75) is 5.92 Å². The van der Waals surface area contributed by atoms with Crippen LogP contribution < -0.4 is 26.2 Å². The van der Waals surface area contributed by atoms with E-state index < -0.39 is 0 Å². The maximum Gasteiger partial charge on any atom is 0.167 e. The van der Waals surface area contributed by atoms with Crippen molar-refractivity contribution in [1.29, 1.82) is 0 Å². The molecule has 0 radical (unpaired) electrons. The van der Waals surface area contributed by atoms with E-state index >= 15 is 0 Å². The monoisotopic (exact) mass is 495 g/mol. The van der Waals surface area contributed by atoms with Crippen molar-refractivity contribution >= 4 is 22.8 Å². The minimum atomic E-state index is 0.368.